The zero-order chi connectivity index (χ0) is 19.1. The van der Waals surface area contributed by atoms with E-state index in [9.17, 15) is 9.59 Å². The van der Waals surface area contributed by atoms with E-state index in [1.165, 1.54) is 0 Å². The third-order valence-electron chi connectivity index (χ3n) is 3.67. The number of aryl methyl sites for hydroxylation is 1. The summed E-state index contributed by atoms with van der Waals surface area (Å²) in [6, 6.07) is 10.3. The number of hydrogen-bond donors (Lipinski definition) is 2. The number of unbranched alkanes of at least 4 members (excludes halogenated alkanes) is 1. The van der Waals surface area contributed by atoms with Gasteiger partial charge >= 0.3 is 0 Å². The topological polar surface area (TPSA) is 67.4 Å². The van der Waals surface area contributed by atoms with Gasteiger partial charge in [-0.25, -0.2) is 0 Å². The summed E-state index contributed by atoms with van der Waals surface area (Å²) in [5.74, 6) is -0.119. The molecule has 0 aliphatic carbocycles. The molecule has 0 unspecified atom stereocenters. The highest BCUT2D eigenvalue weighted by Crippen LogP contribution is 2.26. The first-order valence-corrected chi connectivity index (χ1v) is 9.80. The minimum Gasteiger partial charge on any atom is -0.492 e. The summed E-state index contributed by atoms with van der Waals surface area (Å²) >= 11 is 6.79. The number of amides is 2. The fraction of sp³-hybridized carbons (Fsp3) is 0.263. The van der Waals surface area contributed by atoms with Gasteiger partial charge in [-0.3, -0.25) is 20.4 Å². The Hall–Kier alpha value is -1.86. The summed E-state index contributed by atoms with van der Waals surface area (Å²) in [5, 5.41) is 0. The van der Waals surface area contributed by atoms with Gasteiger partial charge in [-0.1, -0.05) is 35.3 Å². The minimum atomic E-state index is -0.412. The molecule has 0 atom stereocenters. The van der Waals surface area contributed by atoms with Gasteiger partial charge in [-0.15, -0.1) is 0 Å². The van der Waals surface area contributed by atoms with Crippen LogP contribution >= 0.6 is 31.9 Å². The van der Waals surface area contributed by atoms with Gasteiger partial charge in [0.05, 0.1) is 11.1 Å². The molecule has 5 nitrogen and oxygen atoms in total. The lowest BCUT2D eigenvalue weighted by atomic mass is 10.1. The first-order chi connectivity index (χ1) is 12.4. The molecule has 0 radical (unpaired) electrons. The van der Waals surface area contributed by atoms with E-state index >= 15 is 0 Å². The maximum absolute atomic E-state index is 12.2. The Morgan fingerprint density at radius 2 is 1.54 bits per heavy atom. The van der Waals surface area contributed by atoms with Crippen molar-refractivity contribution < 1.29 is 14.3 Å². The second kappa shape index (κ2) is 9.73. The quantitative estimate of drug-likeness (QED) is 0.459. The lowest BCUT2D eigenvalue weighted by Crippen LogP contribution is -2.41. The molecule has 2 rings (SSSR count). The molecule has 0 saturated heterocycles. The average molecular weight is 484 g/mol. The van der Waals surface area contributed by atoms with Gasteiger partial charge in [0.1, 0.15) is 5.75 Å². The molecule has 0 aromatic heterocycles. The van der Waals surface area contributed by atoms with Crippen LogP contribution in [0.3, 0.4) is 0 Å². The molecule has 0 saturated carbocycles. The normalized spacial score (nSPS) is 10.3. The monoisotopic (exact) mass is 482 g/mol. The zero-order valence-corrected chi connectivity index (χ0v) is 17.7. The molecule has 0 fully saturated rings. The highest BCUT2D eigenvalue weighted by Gasteiger charge is 2.12. The molecule has 2 N–H and O–H groups in total. The van der Waals surface area contributed by atoms with Gasteiger partial charge in [-0.2, -0.15) is 0 Å². The van der Waals surface area contributed by atoms with Crippen LogP contribution in [-0.2, 0) is 0 Å². The van der Waals surface area contributed by atoms with Gasteiger partial charge in [0, 0.05) is 15.6 Å². The Morgan fingerprint density at radius 3 is 2.08 bits per heavy atom. The van der Waals surface area contributed by atoms with Crippen LogP contribution in [0.2, 0.25) is 0 Å². The van der Waals surface area contributed by atoms with E-state index in [-0.39, 0.29) is 0 Å². The van der Waals surface area contributed by atoms with Crippen molar-refractivity contribution in [3.63, 3.8) is 0 Å². The van der Waals surface area contributed by atoms with Crippen molar-refractivity contribution >= 4 is 43.7 Å². The fourth-order valence-corrected chi connectivity index (χ4v) is 2.95. The smallest absolute Gasteiger partial charge is 0.269 e. The van der Waals surface area contributed by atoms with Crippen LogP contribution in [0, 0.1) is 6.92 Å². The van der Waals surface area contributed by atoms with Crippen LogP contribution < -0.4 is 15.6 Å². The van der Waals surface area contributed by atoms with Crippen molar-refractivity contribution in [3.8, 4) is 5.75 Å². The Bertz CT molecular complexity index is 809. The highest BCUT2D eigenvalue weighted by molar-refractivity contribution is 9.10. The summed E-state index contributed by atoms with van der Waals surface area (Å²) in [7, 11) is 0. The Balaban J connectivity index is 1.95. The number of halogens is 2. The van der Waals surface area contributed by atoms with E-state index < -0.39 is 11.8 Å². The van der Waals surface area contributed by atoms with Crippen LogP contribution in [0.5, 0.6) is 5.75 Å². The van der Waals surface area contributed by atoms with E-state index in [1.807, 2.05) is 13.0 Å². The van der Waals surface area contributed by atoms with Crippen molar-refractivity contribution in [1.82, 2.24) is 10.9 Å². The molecule has 2 amide bonds. The van der Waals surface area contributed by atoms with Gasteiger partial charge in [0.2, 0.25) is 0 Å². The lowest BCUT2D eigenvalue weighted by Gasteiger charge is -2.11. The Labute approximate surface area is 169 Å². The second-order valence-corrected chi connectivity index (χ2v) is 7.43. The Morgan fingerprint density at radius 1 is 0.962 bits per heavy atom. The molecule has 0 aliphatic heterocycles. The molecule has 0 bridgehead atoms. The van der Waals surface area contributed by atoms with E-state index in [4.69, 9.17) is 4.74 Å². The number of carbonyl (C=O) groups is 2. The average Bonchev–Trinajstić information content (AvgIpc) is 2.63. The number of nitrogens with one attached hydrogen (secondary N) is 2. The van der Waals surface area contributed by atoms with E-state index in [2.05, 4.69) is 49.6 Å². The maximum Gasteiger partial charge on any atom is 0.269 e. The lowest BCUT2D eigenvalue weighted by molar-refractivity contribution is 0.0846. The molecule has 0 spiro atoms. The molecule has 2 aromatic rings. The number of rotatable bonds is 6. The van der Waals surface area contributed by atoms with Gasteiger partial charge in [0.15, 0.2) is 0 Å². The summed E-state index contributed by atoms with van der Waals surface area (Å²) in [5.41, 5.74) is 6.71. The number of hydrazine groups is 1. The van der Waals surface area contributed by atoms with Crippen LogP contribution in [0.1, 0.15) is 46.0 Å². The van der Waals surface area contributed by atoms with Crippen LogP contribution in [-0.4, -0.2) is 18.4 Å². The Kier molecular flexibility index (Phi) is 7.66. The van der Waals surface area contributed by atoms with Gasteiger partial charge in [-0.05, 0) is 65.2 Å². The molecule has 7 heteroatoms. The van der Waals surface area contributed by atoms with Crippen LogP contribution in [0.15, 0.2) is 45.3 Å². The maximum atomic E-state index is 12.2. The summed E-state index contributed by atoms with van der Waals surface area (Å²) in [6.45, 7) is 4.65. The van der Waals surface area contributed by atoms with Crippen molar-refractivity contribution in [3.05, 3.63) is 62.0 Å². The standard InChI is InChI=1S/C19H20Br2N2O3/c1-3-4-9-26-17-8-7-14(11-16(17)21)19(25)23-22-18(24)13-6-5-12(2)15(20)10-13/h5-8,10-11H,3-4,9H2,1-2H3,(H,22,24)(H,23,25). The largest absolute Gasteiger partial charge is 0.492 e. The van der Waals surface area contributed by atoms with Gasteiger partial charge in [0.25, 0.3) is 11.8 Å². The number of benzene rings is 2. The minimum absolute atomic E-state index is 0.391. The van der Waals surface area contributed by atoms with Crippen molar-refractivity contribution in [2.75, 3.05) is 6.61 Å². The zero-order valence-electron chi connectivity index (χ0n) is 14.6. The second-order valence-electron chi connectivity index (χ2n) is 5.72. The van der Waals surface area contributed by atoms with E-state index in [1.54, 1.807) is 30.3 Å². The summed E-state index contributed by atoms with van der Waals surface area (Å²) in [4.78, 5) is 24.4. The summed E-state index contributed by atoms with van der Waals surface area (Å²) in [6.07, 6.45) is 2.02. The van der Waals surface area contributed by atoms with Crippen LogP contribution in [0.25, 0.3) is 0 Å². The molecule has 26 heavy (non-hydrogen) atoms. The first kappa shape index (κ1) is 20.5. The number of ether oxygens (including phenoxy) is 1. The van der Waals surface area contributed by atoms with Crippen molar-refractivity contribution in [2.24, 2.45) is 0 Å². The predicted molar refractivity (Wildman–Crippen MR) is 108 cm³/mol. The molecular formula is C19H20Br2N2O3. The third-order valence-corrected chi connectivity index (χ3v) is 5.15. The van der Waals surface area contributed by atoms with E-state index in [0.29, 0.717) is 28.0 Å². The summed E-state index contributed by atoms with van der Waals surface area (Å²) < 4.78 is 7.16. The van der Waals surface area contributed by atoms with Crippen LogP contribution in [0.4, 0.5) is 0 Å². The first-order valence-electron chi connectivity index (χ1n) is 8.21. The third kappa shape index (κ3) is 5.57. The van der Waals surface area contributed by atoms with E-state index in [0.717, 1.165) is 22.9 Å². The van der Waals surface area contributed by atoms with Crippen molar-refractivity contribution in [2.45, 2.75) is 26.7 Å². The molecule has 138 valence electrons. The van der Waals surface area contributed by atoms with Gasteiger partial charge < -0.3 is 4.74 Å². The molecule has 0 heterocycles. The number of carbonyl (C=O) groups excluding carboxylic acids is 2. The van der Waals surface area contributed by atoms with Crippen molar-refractivity contribution in [1.29, 1.82) is 0 Å². The molecule has 0 aliphatic rings. The fourth-order valence-electron chi connectivity index (χ4n) is 2.08. The molecule has 2 aromatic carbocycles. The molecular weight excluding hydrogens is 464 g/mol. The highest BCUT2D eigenvalue weighted by atomic mass is 79.9. The SMILES string of the molecule is CCCCOc1ccc(C(=O)NNC(=O)c2ccc(C)c(Br)c2)cc1Br. The number of hydrogen-bond acceptors (Lipinski definition) is 3. The predicted octanol–water partition coefficient (Wildman–Crippen LogP) is 4.77.